The van der Waals surface area contributed by atoms with Crippen LogP contribution in [0.25, 0.3) is 0 Å². The molecule has 0 aliphatic carbocycles. The molecule has 0 aromatic heterocycles. The van der Waals surface area contributed by atoms with E-state index in [-0.39, 0.29) is 12.3 Å². The second-order valence-electron chi connectivity index (χ2n) is 3.57. The summed E-state index contributed by atoms with van der Waals surface area (Å²) in [6, 6.07) is 6.89. The average molecular weight is 221 g/mol. The molecule has 86 valence electrons. The zero-order valence-electron chi connectivity index (χ0n) is 9.19. The Bertz CT molecular complexity index is 388. The molecule has 4 heteroatoms. The maximum Gasteiger partial charge on any atom is 0.307 e. The van der Waals surface area contributed by atoms with Gasteiger partial charge in [-0.3, -0.25) is 9.59 Å². The lowest BCUT2D eigenvalue weighted by molar-refractivity contribution is -0.136. The van der Waals surface area contributed by atoms with Crippen LogP contribution in [0.15, 0.2) is 24.3 Å². The summed E-state index contributed by atoms with van der Waals surface area (Å²) in [6.07, 6.45) is 1.24. The van der Waals surface area contributed by atoms with Gasteiger partial charge in [-0.15, -0.1) is 0 Å². The van der Waals surface area contributed by atoms with Crippen LogP contribution >= 0.6 is 0 Å². The number of aliphatic carboxylic acids is 1. The number of rotatable bonds is 5. The van der Waals surface area contributed by atoms with Crippen LogP contribution in [-0.2, 0) is 16.0 Å². The van der Waals surface area contributed by atoms with Gasteiger partial charge in [0.15, 0.2) is 0 Å². The Morgan fingerprint density at radius 1 is 1.38 bits per heavy atom. The normalized spacial score (nSPS) is 9.81. The Balaban J connectivity index is 2.67. The molecule has 0 spiro atoms. The predicted molar refractivity (Wildman–Crippen MR) is 61.3 cm³/mol. The standard InChI is InChI=1S/C12H15NO3/c1-2-4-11(14)13-10-6-3-5-9(7-10)8-12(15)16/h3,5-7H,2,4,8H2,1H3,(H,13,14)(H,15,16). The SMILES string of the molecule is CCCC(=O)Nc1cccc(CC(=O)O)c1. The van der Waals surface area contributed by atoms with Gasteiger partial charge in [-0.2, -0.15) is 0 Å². The van der Waals surface area contributed by atoms with Crippen molar-refractivity contribution in [2.45, 2.75) is 26.2 Å². The van der Waals surface area contributed by atoms with Crippen molar-refractivity contribution in [2.24, 2.45) is 0 Å². The lowest BCUT2D eigenvalue weighted by Crippen LogP contribution is -2.11. The van der Waals surface area contributed by atoms with Crippen LogP contribution in [-0.4, -0.2) is 17.0 Å². The van der Waals surface area contributed by atoms with Crippen molar-refractivity contribution >= 4 is 17.6 Å². The molecule has 16 heavy (non-hydrogen) atoms. The van der Waals surface area contributed by atoms with E-state index in [1.807, 2.05) is 6.92 Å². The van der Waals surface area contributed by atoms with E-state index in [1.165, 1.54) is 0 Å². The van der Waals surface area contributed by atoms with Gasteiger partial charge >= 0.3 is 5.97 Å². The van der Waals surface area contributed by atoms with Gasteiger partial charge in [-0.05, 0) is 24.1 Å². The summed E-state index contributed by atoms with van der Waals surface area (Å²) < 4.78 is 0. The largest absolute Gasteiger partial charge is 0.481 e. The minimum atomic E-state index is -0.878. The van der Waals surface area contributed by atoms with Crippen LogP contribution in [0.4, 0.5) is 5.69 Å². The Labute approximate surface area is 94.3 Å². The van der Waals surface area contributed by atoms with Crippen LogP contribution in [0, 0.1) is 0 Å². The fourth-order valence-corrected chi connectivity index (χ4v) is 1.38. The monoisotopic (exact) mass is 221 g/mol. The predicted octanol–water partition coefficient (Wildman–Crippen LogP) is 2.05. The number of anilines is 1. The Morgan fingerprint density at radius 3 is 2.75 bits per heavy atom. The molecule has 0 saturated carbocycles. The number of benzene rings is 1. The average Bonchev–Trinajstić information content (AvgIpc) is 2.17. The quantitative estimate of drug-likeness (QED) is 0.799. The summed E-state index contributed by atoms with van der Waals surface area (Å²) >= 11 is 0. The first-order chi connectivity index (χ1) is 7.61. The number of carboxylic acids is 1. The molecule has 0 unspecified atom stereocenters. The van der Waals surface area contributed by atoms with Crippen molar-refractivity contribution < 1.29 is 14.7 Å². The third-order valence-electron chi connectivity index (χ3n) is 2.04. The number of carboxylic acid groups (broad SMARTS) is 1. The van der Waals surface area contributed by atoms with Gasteiger partial charge in [-0.25, -0.2) is 0 Å². The number of carbonyl (C=O) groups is 2. The van der Waals surface area contributed by atoms with E-state index in [9.17, 15) is 9.59 Å². The van der Waals surface area contributed by atoms with E-state index in [0.29, 0.717) is 17.7 Å². The second-order valence-corrected chi connectivity index (χ2v) is 3.57. The fraction of sp³-hybridized carbons (Fsp3) is 0.333. The van der Waals surface area contributed by atoms with E-state index in [2.05, 4.69) is 5.32 Å². The van der Waals surface area contributed by atoms with Gasteiger partial charge in [0.1, 0.15) is 0 Å². The van der Waals surface area contributed by atoms with E-state index in [4.69, 9.17) is 5.11 Å². The van der Waals surface area contributed by atoms with Crippen molar-refractivity contribution in [3.8, 4) is 0 Å². The van der Waals surface area contributed by atoms with E-state index in [1.54, 1.807) is 24.3 Å². The van der Waals surface area contributed by atoms with Crippen molar-refractivity contribution in [2.75, 3.05) is 5.32 Å². The minimum absolute atomic E-state index is 0.0303. The van der Waals surface area contributed by atoms with Crippen molar-refractivity contribution in [3.63, 3.8) is 0 Å². The van der Waals surface area contributed by atoms with Gasteiger partial charge in [0.05, 0.1) is 6.42 Å². The maximum atomic E-state index is 11.3. The van der Waals surface area contributed by atoms with Crippen LogP contribution < -0.4 is 5.32 Å². The molecule has 0 aliphatic heterocycles. The highest BCUT2D eigenvalue weighted by molar-refractivity contribution is 5.90. The van der Waals surface area contributed by atoms with Crippen molar-refractivity contribution in [1.82, 2.24) is 0 Å². The second kappa shape index (κ2) is 5.90. The van der Waals surface area contributed by atoms with Gasteiger partial charge in [-0.1, -0.05) is 19.1 Å². The molecule has 0 radical (unpaired) electrons. The summed E-state index contributed by atoms with van der Waals surface area (Å²) in [5.41, 5.74) is 1.33. The molecular weight excluding hydrogens is 206 g/mol. The number of hydrogen-bond acceptors (Lipinski definition) is 2. The first-order valence-electron chi connectivity index (χ1n) is 5.22. The zero-order valence-corrected chi connectivity index (χ0v) is 9.19. The first-order valence-corrected chi connectivity index (χ1v) is 5.22. The molecule has 0 saturated heterocycles. The molecule has 2 N–H and O–H groups in total. The zero-order chi connectivity index (χ0) is 12.0. The van der Waals surface area contributed by atoms with Crippen molar-refractivity contribution in [1.29, 1.82) is 0 Å². The molecular formula is C12H15NO3. The molecule has 1 amide bonds. The molecule has 0 atom stereocenters. The summed E-state index contributed by atoms with van der Waals surface area (Å²) in [7, 11) is 0. The summed E-state index contributed by atoms with van der Waals surface area (Å²) in [4.78, 5) is 21.8. The van der Waals surface area contributed by atoms with Crippen LogP contribution in [0.5, 0.6) is 0 Å². The first kappa shape index (κ1) is 12.2. The molecule has 1 aromatic rings. The van der Waals surface area contributed by atoms with E-state index >= 15 is 0 Å². The third-order valence-corrected chi connectivity index (χ3v) is 2.04. The van der Waals surface area contributed by atoms with Gasteiger partial charge in [0.2, 0.25) is 5.91 Å². The molecule has 0 bridgehead atoms. The molecule has 1 rings (SSSR count). The highest BCUT2D eigenvalue weighted by atomic mass is 16.4. The van der Waals surface area contributed by atoms with Crippen LogP contribution in [0.1, 0.15) is 25.3 Å². The Morgan fingerprint density at radius 2 is 2.12 bits per heavy atom. The van der Waals surface area contributed by atoms with Gasteiger partial charge < -0.3 is 10.4 Å². The molecule has 4 nitrogen and oxygen atoms in total. The van der Waals surface area contributed by atoms with Crippen LogP contribution in [0.2, 0.25) is 0 Å². The lowest BCUT2D eigenvalue weighted by Gasteiger charge is -2.05. The number of nitrogens with one attached hydrogen (secondary N) is 1. The number of amides is 1. The minimum Gasteiger partial charge on any atom is -0.481 e. The summed E-state index contributed by atoms with van der Waals surface area (Å²) in [6.45, 7) is 1.93. The highest BCUT2D eigenvalue weighted by Crippen LogP contribution is 2.11. The van der Waals surface area contributed by atoms with Crippen LogP contribution in [0.3, 0.4) is 0 Å². The van der Waals surface area contributed by atoms with Gasteiger partial charge in [0, 0.05) is 12.1 Å². The topological polar surface area (TPSA) is 66.4 Å². The Kier molecular flexibility index (Phi) is 4.51. The highest BCUT2D eigenvalue weighted by Gasteiger charge is 2.03. The third kappa shape index (κ3) is 4.13. The fourth-order valence-electron chi connectivity index (χ4n) is 1.38. The molecule has 0 heterocycles. The maximum absolute atomic E-state index is 11.3. The Hall–Kier alpha value is -1.84. The summed E-state index contributed by atoms with van der Waals surface area (Å²) in [5, 5.41) is 11.4. The molecule has 0 fully saturated rings. The van der Waals surface area contributed by atoms with E-state index in [0.717, 1.165) is 6.42 Å². The number of hydrogen-bond donors (Lipinski definition) is 2. The number of carbonyl (C=O) groups excluding carboxylic acids is 1. The molecule has 1 aromatic carbocycles. The summed E-state index contributed by atoms with van der Waals surface area (Å²) in [5.74, 6) is -0.924. The van der Waals surface area contributed by atoms with Gasteiger partial charge in [0.25, 0.3) is 0 Å². The molecule has 0 aliphatic rings. The lowest BCUT2D eigenvalue weighted by atomic mass is 10.1. The smallest absolute Gasteiger partial charge is 0.307 e. The van der Waals surface area contributed by atoms with E-state index < -0.39 is 5.97 Å². The van der Waals surface area contributed by atoms with Crippen molar-refractivity contribution in [3.05, 3.63) is 29.8 Å².